The molecule has 0 aromatic heterocycles. The second-order valence-corrected chi connectivity index (χ2v) is 4.89. The monoisotopic (exact) mass is 240 g/mol. The molecule has 2 fully saturated rings. The SMILES string of the molecule is CCN(C(=O)[C@@H]1C[C@@H]1C(=O)O)C1CCNCC1. The lowest BCUT2D eigenvalue weighted by molar-refractivity contribution is -0.142. The Kier molecular flexibility index (Phi) is 3.66. The van der Waals surface area contributed by atoms with E-state index >= 15 is 0 Å². The summed E-state index contributed by atoms with van der Waals surface area (Å²) >= 11 is 0. The van der Waals surface area contributed by atoms with Crippen LogP contribution in [-0.2, 0) is 9.59 Å². The molecule has 0 bridgehead atoms. The van der Waals surface area contributed by atoms with E-state index < -0.39 is 11.9 Å². The first kappa shape index (κ1) is 12.4. The van der Waals surface area contributed by atoms with Crippen LogP contribution in [0.5, 0.6) is 0 Å². The maximum Gasteiger partial charge on any atom is 0.307 e. The number of carbonyl (C=O) groups is 2. The Balaban J connectivity index is 1.94. The Morgan fingerprint density at radius 2 is 1.94 bits per heavy atom. The molecule has 0 unspecified atom stereocenters. The van der Waals surface area contributed by atoms with Crippen LogP contribution in [-0.4, -0.2) is 47.6 Å². The van der Waals surface area contributed by atoms with Gasteiger partial charge in [0.2, 0.25) is 5.91 Å². The van der Waals surface area contributed by atoms with Crippen LogP contribution in [0.1, 0.15) is 26.2 Å². The van der Waals surface area contributed by atoms with Gasteiger partial charge >= 0.3 is 5.97 Å². The lowest BCUT2D eigenvalue weighted by Crippen LogP contribution is -2.46. The lowest BCUT2D eigenvalue weighted by Gasteiger charge is -2.34. The van der Waals surface area contributed by atoms with Gasteiger partial charge in [0, 0.05) is 12.6 Å². The maximum absolute atomic E-state index is 12.2. The first-order chi connectivity index (χ1) is 8.15. The van der Waals surface area contributed by atoms with E-state index in [2.05, 4.69) is 5.32 Å². The normalized spacial score (nSPS) is 28.8. The average molecular weight is 240 g/mol. The van der Waals surface area contributed by atoms with Gasteiger partial charge in [-0.05, 0) is 39.3 Å². The van der Waals surface area contributed by atoms with Crippen molar-refractivity contribution in [3.63, 3.8) is 0 Å². The Morgan fingerprint density at radius 3 is 2.41 bits per heavy atom. The van der Waals surface area contributed by atoms with E-state index in [1.54, 1.807) is 0 Å². The minimum absolute atomic E-state index is 0.0480. The van der Waals surface area contributed by atoms with Crippen molar-refractivity contribution in [2.45, 2.75) is 32.2 Å². The first-order valence-corrected chi connectivity index (χ1v) is 6.39. The number of carboxylic acid groups (broad SMARTS) is 1. The molecule has 2 aliphatic rings. The fourth-order valence-electron chi connectivity index (χ4n) is 2.67. The van der Waals surface area contributed by atoms with Crippen LogP contribution in [0.3, 0.4) is 0 Å². The number of nitrogens with zero attached hydrogens (tertiary/aromatic N) is 1. The van der Waals surface area contributed by atoms with Gasteiger partial charge < -0.3 is 15.3 Å². The van der Waals surface area contributed by atoms with E-state index in [9.17, 15) is 9.59 Å². The maximum atomic E-state index is 12.2. The van der Waals surface area contributed by atoms with Gasteiger partial charge in [0.05, 0.1) is 11.8 Å². The highest BCUT2D eigenvalue weighted by molar-refractivity contribution is 5.89. The van der Waals surface area contributed by atoms with Crippen molar-refractivity contribution in [1.82, 2.24) is 10.2 Å². The molecule has 0 spiro atoms. The average Bonchev–Trinajstić information content (AvgIpc) is 3.11. The fourth-order valence-corrected chi connectivity index (χ4v) is 2.67. The summed E-state index contributed by atoms with van der Waals surface area (Å²) in [6.07, 6.45) is 2.48. The van der Waals surface area contributed by atoms with E-state index in [4.69, 9.17) is 5.11 Å². The van der Waals surface area contributed by atoms with Crippen LogP contribution in [0, 0.1) is 11.8 Å². The molecular formula is C12H20N2O3. The molecule has 1 saturated carbocycles. The minimum Gasteiger partial charge on any atom is -0.481 e. The Labute approximate surface area is 101 Å². The van der Waals surface area contributed by atoms with Gasteiger partial charge in [-0.3, -0.25) is 9.59 Å². The smallest absolute Gasteiger partial charge is 0.307 e. The quantitative estimate of drug-likeness (QED) is 0.742. The summed E-state index contributed by atoms with van der Waals surface area (Å²) in [5, 5.41) is 12.1. The fraction of sp³-hybridized carbons (Fsp3) is 0.833. The highest BCUT2D eigenvalue weighted by Crippen LogP contribution is 2.40. The predicted octanol–water partition coefficient (Wildman–Crippen LogP) is 0.308. The molecular weight excluding hydrogens is 220 g/mol. The summed E-state index contributed by atoms with van der Waals surface area (Å²) in [5.41, 5.74) is 0. The van der Waals surface area contributed by atoms with Crippen molar-refractivity contribution in [1.29, 1.82) is 0 Å². The topological polar surface area (TPSA) is 69.6 Å². The summed E-state index contributed by atoms with van der Waals surface area (Å²) in [6.45, 7) is 4.55. The van der Waals surface area contributed by atoms with Gasteiger partial charge in [-0.2, -0.15) is 0 Å². The Hall–Kier alpha value is -1.10. The zero-order chi connectivity index (χ0) is 12.4. The highest BCUT2D eigenvalue weighted by Gasteiger charge is 2.50. The molecule has 1 amide bonds. The Bertz CT molecular complexity index is 313. The number of amides is 1. The number of hydrogen-bond acceptors (Lipinski definition) is 3. The number of hydrogen-bond donors (Lipinski definition) is 2. The highest BCUT2D eigenvalue weighted by atomic mass is 16.4. The largest absolute Gasteiger partial charge is 0.481 e. The number of rotatable bonds is 4. The van der Waals surface area contributed by atoms with Crippen molar-refractivity contribution in [3.8, 4) is 0 Å². The summed E-state index contributed by atoms with van der Waals surface area (Å²) in [6, 6.07) is 0.295. The third-order valence-electron chi connectivity index (χ3n) is 3.80. The van der Waals surface area contributed by atoms with Crippen LogP contribution in [0.4, 0.5) is 0 Å². The molecule has 1 aliphatic heterocycles. The van der Waals surface area contributed by atoms with Gasteiger partial charge in [0.25, 0.3) is 0 Å². The summed E-state index contributed by atoms with van der Waals surface area (Å²) in [5.74, 6) is -1.47. The standard InChI is InChI=1S/C12H20N2O3/c1-2-14(8-3-5-13-6-4-8)11(15)9-7-10(9)12(16)17/h8-10,13H,2-7H2,1H3,(H,16,17)/t9-,10+/m1/s1. The molecule has 1 heterocycles. The molecule has 5 nitrogen and oxygen atoms in total. The molecule has 5 heteroatoms. The van der Waals surface area contributed by atoms with Crippen molar-refractivity contribution >= 4 is 11.9 Å². The number of carbonyl (C=O) groups excluding carboxylic acids is 1. The van der Waals surface area contributed by atoms with Crippen LogP contribution in [0.15, 0.2) is 0 Å². The second-order valence-electron chi connectivity index (χ2n) is 4.89. The summed E-state index contributed by atoms with van der Waals surface area (Å²) in [7, 11) is 0. The number of aliphatic carboxylic acids is 1. The zero-order valence-corrected chi connectivity index (χ0v) is 10.2. The number of piperidine rings is 1. The van der Waals surface area contributed by atoms with E-state index in [0.717, 1.165) is 25.9 Å². The molecule has 2 rings (SSSR count). The van der Waals surface area contributed by atoms with Crippen molar-refractivity contribution in [2.24, 2.45) is 11.8 Å². The Morgan fingerprint density at radius 1 is 1.29 bits per heavy atom. The second kappa shape index (κ2) is 5.04. The van der Waals surface area contributed by atoms with Gasteiger partial charge in [-0.1, -0.05) is 0 Å². The van der Waals surface area contributed by atoms with Crippen LogP contribution < -0.4 is 5.32 Å². The summed E-state index contributed by atoms with van der Waals surface area (Å²) in [4.78, 5) is 24.9. The lowest BCUT2D eigenvalue weighted by atomic mass is 10.0. The molecule has 0 aromatic carbocycles. The minimum atomic E-state index is -0.829. The predicted molar refractivity (Wildman–Crippen MR) is 62.5 cm³/mol. The van der Waals surface area contributed by atoms with E-state index in [0.29, 0.717) is 19.0 Å². The molecule has 1 aliphatic carbocycles. The zero-order valence-electron chi connectivity index (χ0n) is 10.2. The summed E-state index contributed by atoms with van der Waals surface area (Å²) < 4.78 is 0. The van der Waals surface area contributed by atoms with Crippen LogP contribution in [0.25, 0.3) is 0 Å². The van der Waals surface area contributed by atoms with Crippen LogP contribution in [0.2, 0.25) is 0 Å². The van der Waals surface area contributed by atoms with Gasteiger partial charge in [0.1, 0.15) is 0 Å². The van der Waals surface area contributed by atoms with E-state index in [1.807, 2.05) is 11.8 Å². The van der Waals surface area contributed by atoms with Crippen molar-refractivity contribution in [2.75, 3.05) is 19.6 Å². The van der Waals surface area contributed by atoms with Crippen molar-refractivity contribution < 1.29 is 14.7 Å². The van der Waals surface area contributed by atoms with Crippen molar-refractivity contribution in [3.05, 3.63) is 0 Å². The van der Waals surface area contributed by atoms with Gasteiger partial charge in [-0.25, -0.2) is 0 Å². The number of nitrogens with one attached hydrogen (secondary N) is 1. The molecule has 96 valence electrons. The number of carboxylic acids is 1. The molecule has 2 N–H and O–H groups in total. The third-order valence-corrected chi connectivity index (χ3v) is 3.80. The first-order valence-electron chi connectivity index (χ1n) is 6.39. The van der Waals surface area contributed by atoms with E-state index in [-0.39, 0.29) is 11.8 Å². The molecule has 2 atom stereocenters. The molecule has 1 saturated heterocycles. The molecule has 0 aromatic rings. The van der Waals surface area contributed by atoms with Gasteiger partial charge in [-0.15, -0.1) is 0 Å². The molecule has 17 heavy (non-hydrogen) atoms. The van der Waals surface area contributed by atoms with Gasteiger partial charge in [0.15, 0.2) is 0 Å². The van der Waals surface area contributed by atoms with E-state index in [1.165, 1.54) is 0 Å². The van der Waals surface area contributed by atoms with Crippen LogP contribution >= 0.6 is 0 Å². The third kappa shape index (κ3) is 2.60. The molecule has 0 radical (unpaired) electrons.